The molecule has 0 aliphatic heterocycles. The fourth-order valence-corrected chi connectivity index (χ4v) is 3.26. The summed E-state index contributed by atoms with van der Waals surface area (Å²) in [6.07, 6.45) is 1.45. The van der Waals surface area contributed by atoms with Gasteiger partial charge in [-0.1, -0.05) is 29.5 Å². The molecule has 2 amide bonds. The summed E-state index contributed by atoms with van der Waals surface area (Å²) >= 11 is 0. The van der Waals surface area contributed by atoms with E-state index in [2.05, 4.69) is 41.1 Å². The van der Waals surface area contributed by atoms with E-state index in [0.717, 1.165) is 0 Å². The van der Waals surface area contributed by atoms with Gasteiger partial charge in [0.05, 0.1) is 30.6 Å². The van der Waals surface area contributed by atoms with Crippen molar-refractivity contribution in [1.29, 1.82) is 0 Å². The van der Waals surface area contributed by atoms with Crippen molar-refractivity contribution in [2.45, 2.75) is 13.5 Å². The minimum atomic E-state index is -0.651. The third kappa shape index (κ3) is 5.11. The number of carbonyl (C=O) groups excluding carboxylic acids is 2. The lowest BCUT2D eigenvalue weighted by Gasteiger charge is -2.11. The van der Waals surface area contributed by atoms with E-state index in [-0.39, 0.29) is 35.1 Å². The van der Waals surface area contributed by atoms with Gasteiger partial charge in [-0.25, -0.2) is 10.1 Å². The van der Waals surface area contributed by atoms with Crippen LogP contribution in [0.2, 0.25) is 0 Å². The van der Waals surface area contributed by atoms with Crippen LogP contribution in [0, 0.1) is 0 Å². The Bertz CT molecular complexity index is 1410. The molecule has 0 spiro atoms. The number of amides is 2. The van der Waals surface area contributed by atoms with Crippen LogP contribution >= 0.6 is 0 Å². The molecule has 0 unspecified atom stereocenters. The highest BCUT2D eigenvalue weighted by molar-refractivity contribution is 5.98. The van der Waals surface area contributed by atoms with Crippen LogP contribution in [-0.4, -0.2) is 49.9 Å². The molecule has 2 heterocycles. The molecule has 0 bridgehead atoms. The second-order valence-corrected chi connectivity index (χ2v) is 7.20. The number of nitrogen functional groups attached to an aromatic ring is 1. The Morgan fingerprint density at radius 3 is 2.69 bits per heavy atom. The van der Waals surface area contributed by atoms with Gasteiger partial charge in [-0.3, -0.25) is 9.59 Å². The Balaban J connectivity index is 1.60. The lowest BCUT2D eigenvalue weighted by atomic mass is 10.1. The maximum absolute atomic E-state index is 13.0. The molecule has 0 radical (unpaired) electrons. The molecular weight excluding hydrogens is 468 g/mol. The number of hydrogen-bond acceptors (Lipinski definition) is 11. The summed E-state index contributed by atoms with van der Waals surface area (Å²) < 4.78 is 11.4. The summed E-state index contributed by atoms with van der Waals surface area (Å²) in [7, 11) is 0. The van der Waals surface area contributed by atoms with Crippen LogP contribution < -0.4 is 26.9 Å². The molecule has 4 rings (SSSR count). The first kappa shape index (κ1) is 23.9. The topological polar surface area (TPSA) is 201 Å². The Morgan fingerprint density at radius 1 is 1.17 bits per heavy atom. The van der Waals surface area contributed by atoms with E-state index < -0.39 is 11.8 Å². The molecule has 0 fully saturated rings. The third-order valence-electron chi connectivity index (χ3n) is 4.90. The minimum Gasteiger partial charge on any atom is -0.493 e. The summed E-state index contributed by atoms with van der Waals surface area (Å²) in [4.78, 5) is 24.7. The van der Waals surface area contributed by atoms with Crippen LogP contribution in [0.15, 0.2) is 58.3 Å². The monoisotopic (exact) mass is 490 g/mol. The molecule has 14 heteroatoms. The zero-order chi connectivity index (χ0) is 25.5. The van der Waals surface area contributed by atoms with E-state index in [1.807, 2.05) is 19.1 Å². The van der Waals surface area contributed by atoms with Crippen molar-refractivity contribution in [1.82, 2.24) is 30.7 Å². The maximum Gasteiger partial charge on any atom is 0.293 e. The Kier molecular flexibility index (Phi) is 7.14. The number of ether oxygens (including phenoxy) is 1. The first-order valence-electron chi connectivity index (χ1n) is 10.7. The fourth-order valence-electron chi connectivity index (χ4n) is 3.26. The summed E-state index contributed by atoms with van der Waals surface area (Å²) in [6, 6.07) is 13.9. The molecule has 0 saturated carbocycles. The number of hydrogen-bond donors (Lipinski definition) is 4. The summed E-state index contributed by atoms with van der Waals surface area (Å²) in [5.74, 6) is -0.668. The predicted molar refractivity (Wildman–Crippen MR) is 129 cm³/mol. The molecule has 0 atom stereocenters. The lowest BCUT2D eigenvalue weighted by molar-refractivity contribution is 0.0947. The molecular formula is C22H22N10O4. The molecule has 6 N–H and O–H groups in total. The Morgan fingerprint density at radius 2 is 1.94 bits per heavy atom. The summed E-state index contributed by atoms with van der Waals surface area (Å²) in [6.45, 7) is 2.34. The van der Waals surface area contributed by atoms with Gasteiger partial charge in [-0.2, -0.15) is 9.78 Å². The van der Waals surface area contributed by atoms with E-state index in [0.29, 0.717) is 23.6 Å². The number of nitrogens with one attached hydrogen (secondary N) is 2. The van der Waals surface area contributed by atoms with Crippen molar-refractivity contribution in [2.24, 2.45) is 10.8 Å². The van der Waals surface area contributed by atoms with Gasteiger partial charge in [0, 0.05) is 11.3 Å². The highest BCUT2D eigenvalue weighted by Gasteiger charge is 2.24. The van der Waals surface area contributed by atoms with Crippen LogP contribution in [-0.2, 0) is 6.54 Å². The van der Waals surface area contributed by atoms with E-state index in [1.54, 1.807) is 36.4 Å². The van der Waals surface area contributed by atoms with Crippen molar-refractivity contribution in [2.75, 3.05) is 17.7 Å². The SMILES string of the molecule is CCOc1ccccc1/C=N\NC(=O)c1nnn(-c2nonc2N)c1CNc1ccccc1C(N)=O. The van der Waals surface area contributed by atoms with Crippen molar-refractivity contribution in [3.63, 3.8) is 0 Å². The van der Waals surface area contributed by atoms with Crippen LogP contribution in [0.1, 0.15) is 39.0 Å². The van der Waals surface area contributed by atoms with Crippen molar-refractivity contribution in [3.05, 3.63) is 71.0 Å². The number of carbonyl (C=O) groups is 2. The third-order valence-corrected chi connectivity index (χ3v) is 4.90. The van der Waals surface area contributed by atoms with Gasteiger partial charge in [0.25, 0.3) is 11.8 Å². The van der Waals surface area contributed by atoms with E-state index in [9.17, 15) is 9.59 Å². The van der Waals surface area contributed by atoms with Crippen molar-refractivity contribution >= 4 is 29.5 Å². The highest BCUT2D eigenvalue weighted by atomic mass is 16.6. The number of para-hydroxylation sites is 2. The number of rotatable bonds is 10. The number of nitrogens with zero attached hydrogens (tertiary/aromatic N) is 6. The van der Waals surface area contributed by atoms with Gasteiger partial charge >= 0.3 is 0 Å². The molecule has 0 saturated heterocycles. The molecule has 2 aromatic carbocycles. The normalized spacial score (nSPS) is 10.9. The largest absolute Gasteiger partial charge is 0.493 e. The Hall–Kier alpha value is -5.27. The minimum absolute atomic E-state index is 0.0107. The lowest BCUT2D eigenvalue weighted by Crippen LogP contribution is -2.22. The molecule has 0 aliphatic rings. The fraction of sp³-hybridized carbons (Fsp3) is 0.136. The number of aromatic nitrogens is 5. The number of hydrazone groups is 1. The van der Waals surface area contributed by atoms with E-state index in [4.69, 9.17) is 16.2 Å². The molecule has 184 valence electrons. The summed E-state index contributed by atoms with van der Waals surface area (Å²) in [5.41, 5.74) is 15.3. The van der Waals surface area contributed by atoms with Gasteiger partial charge in [-0.15, -0.1) is 5.10 Å². The van der Waals surface area contributed by atoms with Gasteiger partial charge in [0.1, 0.15) is 5.75 Å². The maximum atomic E-state index is 13.0. The van der Waals surface area contributed by atoms with Gasteiger partial charge in [0.2, 0.25) is 11.6 Å². The number of nitrogens with two attached hydrogens (primary N) is 2. The van der Waals surface area contributed by atoms with Crippen molar-refractivity contribution < 1.29 is 19.0 Å². The van der Waals surface area contributed by atoms with Gasteiger partial charge in [-0.05, 0) is 41.5 Å². The summed E-state index contributed by atoms with van der Waals surface area (Å²) in [5, 5.41) is 22.3. The predicted octanol–water partition coefficient (Wildman–Crippen LogP) is 1.11. The number of primary amides is 1. The van der Waals surface area contributed by atoms with Crippen LogP contribution in [0.3, 0.4) is 0 Å². The van der Waals surface area contributed by atoms with E-state index in [1.165, 1.54) is 10.9 Å². The zero-order valence-electron chi connectivity index (χ0n) is 19.1. The molecule has 2 aromatic heterocycles. The van der Waals surface area contributed by atoms with Crippen LogP contribution in [0.4, 0.5) is 11.5 Å². The first-order chi connectivity index (χ1) is 17.5. The molecule has 14 nitrogen and oxygen atoms in total. The van der Waals surface area contributed by atoms with E-state index >= 15 is 0 Å². The van der Waals surface area contributed by atoms with Crippen LogP contribution in [0.25, 0.3) is 5.82 Å². The standard InChI is InChI=1S/C22H22N10O4/c1-2-35-17-10-6-3-7-13(17)11-26-28-22(34)18-16(32(31-27-18)21-19(23)29-36-30-21)12-25-15-9-5-4-8-14(15)20(24)33/h3-11,25H,2,12H2,1H3,(H2,23,29)(H2,24,33)(H,28,34)/b26-11-. The van der Waals surface area contributed by atoms with Gasteiger partial charge in [0.15, 0.2) is 5.69 Å². The average molecular weight is 490 g/mol. The Labute approximate surface area is 204 Å². The van der Waals surface area contributed by atoms with Crippen molar-refractivity contribution in [3.8, 4) is 11.6 Å². The number of benzene rings is 2. The number of anilines is 2. The molecule has 36 heavy (non-hydrogen) atoms. The zero-order valence-corrected chi connectivity index (χ0v) is 19.1. The van der Waals surface area contributed by atoms with Gasteiger partial charge < -0.3 is 21.5 Å². The molecule has 4 aromatic rings. The quantitative estimate of drug-likeness (QED) is 0.184. The molecule has 0 aliphatic carbocycles. The second-order valence-electron chi connectivity index (χ2n) is 7.20. The second kappa shape index (κ2) is 10.8. The smallest absolute Gasteiger partial charge is 0.293 e. The average Bonchev–Trinajstić information content (AvgIpc) is 3.49. The highest BCUT2D eigenvalue weighted by Crippen LogP contribution is 2.20. The first-order valence-corrected chi connectivity index (χ1v) is 10.7. The van der Waals surface area contributed by atoms with Crippen LogP contribution in [0.5, 0.6) is 5.75 Å².